The van der Waals surface area contributed by atoms with Crippen LogP contribution in [-0.2, 0) is 0 Å². The molecule has 1 atom stereocenters. The molecule has 1 aromatic carbocycles. The minimum atomic E-state index is -0.109. The molecule has 0 amide bonds. The first kappa shape index (κ1) is 17.7. The number of ether oxygens (including phenoxy) is 1. The fourth-order valence-electron chi connectivity index (χ4n) is 2.95. The summed E-state index contributed by atoms with van der Waals surface area (Å²) in [6, 6.07) is 11.4. The Hall–Kier alpha value is -3.68. The SMILES string of the molecule is COc1cccc(-n2nc(C)c3c(N=NC(C)c4ccncc4)ncnc32)c1. The quantitative estimate of drug-likeness (QED) is 0.484. The van der Waals surface area contributed by atoms with Crippen molar-refractivity contribution in [1.29, 1.82) is 0 Å². The number of benzene rings is 1. The lowest BCUT2D eigenvalue weighted by molar-refractivity contribution is 0.414. The normalized spacial score (nSPS) is 12.5. The number of pyridine rings is 1. The third-order valence-electron chi connectivity index (χ3n) is 4.43. The lowest BCUT2D eigenvalue weighted by Crippen LogP contribution is -1.98. The Balaban J connectivity index is 1.75. The highest BCUT2D eigenvalue weighted by atomic mass is 16.5. The predicted molar refractivity (Wildman–Crippen MR) is 105 cm³/mol. The first-order valence-corrected chi connectivity index (χ1v) is 8.83. The van der Waals surface area contributed by atoms with E-state index in [1.54, 1.807) is 24.2 Å². The number of methoxy groups -OCH3 is 1. The molecule has 0 aliphatic heterocycles. The lowest BCUT2D eigenvalue weighted by atomic mass is 10.1. The Bertz CT molecular complexity index is 1140. The van der Waals surface area contributed by atoms with E-state index in [-0.39, 0.29) is 6.04 Å². The molecule has 3 heterocycles. The molecule has 4 rings (SSSR count). The van der Waals surface area contributed by atoms with Crippen LogP contribution in [0.1, 0.15) is 24.2 Å². The van der Waals surface area contributed by atoms with Crippen molar-refractivity contribution in [3.05, 3.63) is 66.4 Å². The van der Waals surface area contributed by atoms with Crippen LogP contribution in [0.15, 0.2) is 65.3 Å². The molecule has 0 saturated heterocycles. The maximum atomic E-state index is 5.31. The minimum Gasteiger partial charge on any atom is -0.497 e. The summed E-state index contributed by atoms with van der Waals surface area (Å²) in [5.41, 5.74) is 3.34. The van der Waals surface area contributed by atoms with Gasteiger partial charge in [0.05, 0.1) is 29.9 Å². The molecule has 8 heteroatoms. The van der Waals surface area contributed by atoms with Gasteiger partial charge in [0.2, 0.25) is 0 Å². The molecule has 1 unspecified atom stereocenters. The summed E-state index contributed by atoms with van der Waals surface area (Å²) in [4.78, 5) is 12.8. The summed E-state index contributed by atoms with van der Waals surface area (Å²) >= 11 is 0. The zero-order valence-corrected chi connectivity index (χ0v) is 15.8. The molecular weight excluding hydrogens is 354 g/mol. The van der Waals surface area contributed by atoms with Crippen molar-refractivity contribution >= 4 is 16.9 Å². The summed E-state index contributed by atoms with van der Waals surface area (Å²) in [7, 11) is 1.64. The number of hydrogen-bond donors (Lipinski definition) is 0. The van der Waals surface area contributed by atoms with Gasteiger partial charge in [-0.1, -0.05) is 6.07 Å². The van der Waals surface area contributed by atoms with Crippen LogP contribution in [0.4, 0.5) is 5.82 Å². The van der Waals surface area contributed by atoms with Crippen molar-refractivity contribution in [2.45, 2.75) is 19.9 Å². The highest BCUT2D eigenvalue weighted by Gasteiger charge is 2.16. The number of rotatable bonds is 5. The summed E-state index contributed by atoms with van der Waals surface area (Å²) < 4.78 is 7.08. The molecular formula is C20H19N7O. The number of aryl methyl sites for hydroxylation is 1. The van der Waals surface area contributed by atoms with E-state index in [4.69, 9.17) is 4.74 Å². The van der Waals surface area contributed by atoms with Crippen LogP contribution >= 0.6 is 0 Å². The Kier molecular flexibility index (Phi) is 4.76. The second-order valence-electron chi connectivity index (χ2n) is 6.27. The fraction of sp³-hybridized carbons (Fsp3) is 0.200. The molecule has 0 N–H and O–H groups in total. The maximum Gasteiger partial charge on any atom is 0.188 e. The average Bonchev–Trinajstić information content (AvgIpc) is 3.10. The smallest absolute Gasteiger partial charge is 0.188 e. The van der Waals surface area contributed by atoms with Crippen LogP contribution in [0.3, 0.4) is 0 Å². The maximum absolute atomic E-state index is 5.31. The fourth-order valence-corrected chi connectivity index (χ4v) is 2.95. The van der Waals surface area contributed by atoms with Crippen LogP contribution in [0.2, 0.25) is 0 Å². The van der Waals surface area contributed by atoms with Gasteiger partial charge >= 0.3 is 0 Å². The van der Waals surface area contributed by atoms with Crippen molar-refractivity contribution in [2.24, 2.45) is 10.2 Å². The van der Waals surface area contributed by atoms with E-state index in [1.165, 1.54) is 6.33 Å². The Labute approximate surface area is 162 Å². The zero-order valence-electron chi connectivity index (χ0n) is 15.8. The molecule has 0 aliphatic carbocycles. The van der Waals surface area contributed by atoms with E-state index in [1.807, 2.05) is 50.2 Å². The number of azo groups is 1. The van der Waals surface area contributed by atoms with Gasteiger partial charge in [0.1, 0.15) is 12.1 Å². The van der Waals surface area contributed by atoms with Crippen LogP contribution in [0, 0.1) is 6.92 Å². The number of aromatic nitrogens is 5. The molecule has 0 bridgehead atoms. The zero-order chi connectivity index (χ0) is 19.5. The van der Waals surface area contributed by atoms with Gasteiger partial charge in [0, 0.05) is 18.5 Å². The van der Waals surface area contributed by atoms with Crippen LogP contribution in [0.25, 0.3) is 16.7 Å². The molecule has 0 spiro atoms. The first-order chi connectivity index (χ1) is 13.7. The lowest BCUT2D eigenvalue weighted by Gasteiger charge is -2.05. The van der Waals surface area contributed by atoms with E-state index in [9.17, 15) is 0 Å². The molecule has 8 nitrogen and oxygen atoms in total. The summed E-state index contributed by atoms with van der Waals surface area (Å²) in [5.74, 6) is 1.25. The van der Waals surface area contributed by atoms with E-state index in [0.717, 1.165) is 28.1 Å². The van der Waals surface area contributed by atoms with E-state index < -0.39 is 0 Å². The Morgan fingerprint density at radius 3 is 2.71 bits per heavy atom. The van der Waals surface area contributed by atoms with Crippen LogP contribution in [-0.4, -0.2) is 31.8 Å². The molecule has 4 aromatic rings. The summed E-state index contributed by atoms with van der Waals surface area (Å²) in [6.07, 6.45) is 4.96. The Morgan fingerprint density at radius 2 is 1.93 bits per heavy atom. The second kappa shape index (κ2) is 7.51. The largest absolute Gasteiger partial charge is 0.497 e. The first-order valence-electron chi connectivity index (χ1n) is 8.83. The van der Waals surface area contributed by atoms with Gasteiger partial charge in [0.15, 0.2) is 11.5 Å². The van der Waals surface area contributed by atoms with Gasteiger partial charge in [-0.05, 0) is 43.7 Å². The van der Waals surface area contributed by atoms with E-state index in [0.29, 0.717) is 11.5 Å². The standard InChI is InChI=1S/C20H19N7O/c1-13(15-7-9-21-10-8-15)24-25-19-18-14(2)26-27(20(18)23-12-22-19)16-5-4-6-17(11-16)28-3/h4-13H,1-3H3. The highest BCUT2D eigenvalue weighted by Crippen LogP contribution is 2.29. The van der Waals surface area contributed by atoms with Crippen molar-refractivity contribution < 1.29 is 4.74 Å². The monoisotopic (exact) mass is 373 g/mol. The molecule has 0 fully saturated rings. The summed E-state index contributed by atoms with van der Waals surface area (Å²) in [5, 5.41) is 14.2. The number of hydrogen-bond acceptors (Lipinski definition) is 7. The molecule has 0 radical (unpaired) electrons. The van der Waals surface area contributed by atoms with Gasteiger partial charge < -0.3 is 4.74 Å². The molecule has 28 heavy (non-hydrogen) atoms. The number of nitrogens with zero attached hydrogens (tertiary/aromatic N) is 7. The average molecular weight is 373 g/mol. The minimum absolute atomic E-state index is 0.109. The third-order valence-corrected chi connectivity index (χ3v) is 4.43. The summed E-state index contributed by atoms with van der Waals surface area (Å²) in [6.45, 7) is 3.89. The Morgan fingerprint density at radius 1 is 1.11 bits per heavy atom. The van der Waals surface area contributed by atoms with Gasteiger partial charge in [-0.15, -0.1) is 5.11 Å². The second-order valence-corrected chi connectivity index (χ2v) is 6.27. The van der Waals surface area contributed by atoms with E-state index in [2.05, 4.69) is 30.3 Å². The molecule has 140 valence electrons. The molecule has 3 aromatic heterocycles. The van der Waals surface area contributed by atoms with Crippen molar-refractivity contribution in [2.75, 3.05) is 7.11 Å². The highest BCUT2D eigenvalue weighted by molar-refractivity contribution is 5.88. The predicted octanol–water partition coefficient (Wildman–Crippen LogP) is 4.37. The van der Waals surface area contributed by atoms with Crippen LogP contribution in [0.5, 0.6) is 5.75 Å². The third kappa shape index (κ3) is 3.32. The number of fused-ring (bicyclic) bond motifs is 1. The van der Waals surface area contributed by atoms with Gasteiger partial charge in [0.25, 0.3) is 0 Å². The topological polar surface area (TPSA) is 90.4 Å². The van der Waals surface area contributed by atoms with Gasteiger partial charge in [-0.3, -0.25) is 4.98 Å². The van der Waals surface area contributed by atoms with E-state index >= 15 is 0 Å². The van der Waals surface area contributed by atoms with Gasteiger partial charge in [-0.2, -0.15) is 10.2 Å². The molecule has 0 saturated carbocycles. The van der Waals surface area contributed by atoms with Crippen LogP contribution < -0.4 is 4.74 Å². The van der Waals surface area contributed by atoms with Gasteiger partial charge in [-0.25, -0.2) is 14.6 Å². The molecule has 0 aliphatic rings. The van der Waals surface area contributed by atoms with Crippen molar-refractivity contribution in [1.82, 2.24) is 24.7 Å². The van der Waals surface area contributed by atoms with Crippen molar-refractivity contribution in [3.8, 4) is 11.4 Å². The van der Waals surface area contributed by atoms with Crippen molar-refractivity contribution in [3.63, 3.8) is 0 Å².